The number of rotatable bonds is 0. The third-order valence-corrected chi connectivity index (χ3v) is 9.28. The lowest BCUT2D eigenvalue weighted by Gasteiger charge is -2.60. The fourth-order valence-electron chi connectivity index (χ4n) is 7.93. The van der Waals surface area contributed by atoms with Gasteiger partial charge in [-0.25, -0.2) is 0 Å². The van der Waals surface area contributed by atoms with Crippen LogP contribution >= 0.6 is 0 Å². The summed E-state index contributed by atoms with van der Waals surface area (Å²) in [6.45, 7) is 6.54. The van der Waals surface area contributed by atoms with Crippen molar-refractivity contribution in [2.75, 3.05) is 13.2 Å². The first kappa shape index (κ1) is 15.8. The Hall–Kier alpha value is -0.410. The Morgan fingerprint density at radius 3 is 2.46 bits per heavy atom. The summed E-state index contributed by atoms with van der Waals surface area (Å²) in [5.74, 6) is 3.29. The van der Waals surface area contributed by atoms with Crippen molar-refractivity contribution in [3.05, 3.63) is 0 Å². The summed E-state index contributed by atoms with van der Waals surface area (Å²) in [6, 6.07) is 0. The monoisotopic (exact) mass is 332 g/mol. The van der Waals surface area contributed by atoms with Crippen LogP contribution in [0.15, 0.2) is 0 Å². The van der Waals surface area contributed by atoms with E-state index in [4.69, 9.17) is 9.47 Å². The number of ether oxygens (including phenoxy) is 2. The Morgan fingerprint density at radius 2 is 1.67 bits per heavy atom. The molecule has 4 aliphatic carbocycles. The molecule has 134 valence electrons. The first-order valence-corrected chi connectivity index (χ1v) is 10.3. The van der Waals surface area contributed by atoms with E-state index in [0.29, 0.717) is 17.1 Å². The molecule has 3 nitrogen and oxygen atoms in total. The van der Waals surface area contributed by atoms with Gasteiger partial charge >= 0.3 is 0 Å². The topological polar surface area (TPSA) is 35.5 Å². The van der Waals surface area contributed by atoms with Crippen molar-refractivity contribution >= 4 is 5.78 Å². The van der Waals surface area contributed by atoms with Crippen LogP contribution in [-0.2, 0) is 14.3 Å². The van der Waals surface area contributed by atoms with Crippen LogP contribution in [0, 0.1) is 34.5 Å². The van der Waals surface area contributed by atoms with Crippen molar-refractivity contribution in [2.45, 2.75) is 77.4 Å². The van der Waals surface area contributed by atoms with Crippen molar-refractivity contribution < 1.29 is 14.3 Å². The number of carbonyl (C=O) groups excluding carboxylic acids is 1. The van der Waals surface area contributed by atoms with E-state index in [1.165, 1.54) is 32.1 Å². The molecule has 6 atom stereocenters. The molecule has 5 rings (SSSR count). The van der Waals surface area contributed by atoms with Gasteiger partial charge in [0.2, 0.25) is 0 Å². The van der Waals surface area contributed by atoms with Crippen LogP contribution < -0.4 is 0 Å². The Balaban J connectivity index is 1.46. The van der Waals surface area contributed by atoms with Gasteiger partial charge in [0.15, 0.2) is 5.79 Å². The minimum atomic E-state index is -0.275. The van der Waals surface area contributed by atoms with E-state index >= 15 is 0 Å². The molecule has 5 fully saturated rings. The van der Waals surface area contributed by atoms with Crippen LogP contribution in [0.3, 0.4) is 0 Å². The largest absolute Gasteiger partial charge is 0.347 e. The number of fused-ring (bicyclic) bond motifs is 6. The highest BCUT2D eigenvalue weighted by molar-refractivity contribution is 5.79. The molecule has 0 amide bonds. The molecule has 0 aromatic rings. The predicted octanol–water partition coefficient (Wildman–Crippen LogP) is 4.34. The second-order valence-electron chi connectivity index (χ2n) is 9.84. The quantitative estimate of drug-likeness (QED) is 0.662. The molecule has 0 radical (unpaired) electrons. The lowest BCUT2D eigenvalue weighted by Crippen LogP contribution is -2.56. The van der Waals surface area contributed by atoms with E-state index in [0.717, 1.165) is 56.7 Å². The van der Waals surface area contributed by atoms with Crippen LogP contribution in [-0.4, -0.2) is 24.8 Å². The number of ketones is 1. The maximum atomic E-state index is 12.0. The molecule has 4 saturated carbocycles. The summed E-state index contributed by atoms with van der Waals surface area (Å²) in [6.07, 6.45) is 10.3. The van der Waals surface area contributed by atoms with Crippen molar-refractivity contribution in [3.8, 4) is 0 Å². The average Bonchev–Trinajstić information content (AvgIpc) is 3.15. The second kappa shape index (κ2) is 5.07. The highest BCUT2D eigenvalue weighted by atomic mass is 16.7. The zero-order valence-corrected chi connectivity index (χ0v) is 15.3. The van der Waals surface area contributed by atoms with Crippen LogP contribution in [0.4, 0.5) is 0 Å². The van der Waals surface area contributed by atoms with Gasteiger partial charge in [0.25, 0.3) is 0 Å². The van der Waals surface area contributed by atoms with Gasteiger partial charge in [0.05, 0.1) is 13.2 Å². The number of hydrogen-bond acceptors (Lipinski definition) is 3. The summed E-state index contributed by atoms with van der Waals surface area (Å²) in [7, 11) is 0. The zero-order chi connectivity index (χ0) is 16.6. The maximum absolute atomic E-state index is 12.0. The molecule has 1 spiro atoms. The van der Waals surface area contributed by atoms with Crippen molar-refractivity contribution in [1.29, 1.82) is 0 Å². The number of Topliss-reactive ketones (excluding diaryl/α,β-unsaturated/α-hetero) is 1. The molecule has 24 heavy (non-hydrogen) atoms. The molecule has 0 bridgehead atoms. The second-order valence-corrected chi connectivity index (χ2v) is 9.84. The van der Waals surface area contributed by atoms with Gasteiger partial charge in [-0.2, -0.15) is 0 Å². The Kier molecular flexibility index (Phi) is 3.34. The van der Waals surface area contributed by atoms with Crippen LogP contribution in [0.25, 0.3) is 0 Å². The molecule has 1 saturated heterocycles. The molecular weight excluding hydrogens is 300 g/mol. The molecule has 0 aromatic carbocycles. The molecular formula is C21H32O3. The number of carbonyl (C=O) groups is 1. The van der Waals surface area contributed by atoms with Gasteiger partial charge in [0, 0.05) is 24.7 Å². The molecule has 0 unspecified atom stereocenters. The summed E-state index contributed by atoms with van der Waals surface area (Å²) in [4.78, 5) is 12.0. The molecule has 0 aromatic heterocycles. The van der Waals surface area contributed by atoms with Crippen LogP contribution in [0.1, 0.15) is 71.6 Å². The summed E-state index contributed by atoms with van der Waals surface area (Å²) >= 11 is 0. The third-order valence-electron chi connectivity index (χ3n) is 9.28. The first-order valence-electron chi connectivity index (χ1n) is 10.3. The minimum absolute atomic E-state index is 0.207. The smallest absolute Gasteiger partial charge is 0.174 e. The van der Waals surface area contributed by atoms with E-state index in [2.05, 4.69) is 13.8 Å². The average molecular weight is 332 g/mol. The van der Waals surface area contributed by atoms with E-state index in [1.54, 1.807) is 0 Å². The molecule has 1 heterocycles. The van der Waals surface area contributed by atoms with E-state index < -0.39 is 0 Å². The summed E-state index contributed by atoms with van der Waals surface area (Å²) in [5.41, 5.74) is 0.615. The zero-order valence-electron chi connectivity index (χ0n) is 15.3. The fraction of sp³-hybridized carbons (Fsp3) is 0.952. The maximum Gasteiger partial charge on any atom is 0.174 e. The fourth-order valence-corrected chi connectivity index (χ4v) is 7.93. The van der Waals surface area contributed by atoms with Gasteiger partial charge in [-0.3, -0.25) is 4.79 Å². The third kappa shape index (κ3) is 1.84. The Labute approximate surface area is 145 Å². The molecule has 0 N–H and O–H groups in total. The Morgan fingerprint density at radius 1 is 0.917 bits per heavy atom. The molecule has 3 heteroatoms. The SMILES string of the molecule is C[C@]12CCC(=O)C[C@@H]1CC[C@@H]1[C@@H]2CC[C@@]2(C)[C@H]1CCC21OCCO1. The first-order chi connectivity index (χ1) is 11.5. The summed E-state index contributed by atoms with van der Waals surface area (Å²) < 4.78 is 12.5. The molecule has 1 aliphatic heterocycles. The lowest BCUT2D eigenvalue weighted by molar-refractivity contribution is -0.246. The van der Waals surface area contributed by atoms with Crippen molar-refractivity contribution in [2.24, 2.45) is 34.5 Å². The van der Waals surface area contributed by atoms with Gasteiger partial charge in [-0.1, -0.05) is 13.8 Å². The minimum Gasteiger partial charge on any atom is -0.347 e. The van der Waals surface area contributed by atoms with Crippen LogP contribution in [0.2, 0.25) is 0 Å². The van der Waals surface area contributed by atoms with E-state index in [1.807, 2.05) is 0 Å². The standard InChI is InChI=1S/C21H32O3/c1-19-8-5-15(22)13-14(19)3-4-16-17(19)6-9-20(2)18(16)7-10-21(20)23-11-12-24-21/h14,16-18H,3-13H2,1-2H3/t14-,16+,17-,18-,19-,20-/m0/s1. The highest BCUT2D eigenvalue weighted by Crippen LogP contribution is 2.69. The van der Waals surface area contributed by atoms with Gasteiger partial charge in [-0.15, -0.1) is 0 Å². The highest BCUT2D eigenvalue weighted by Gasteiger charge is 2.67. The normalized spacial score (nSPS) is 52.8. The van der Waals surface area contributed by atoms with Gasteiger partial charge < -0.3 is 9.47 Å². The molecule has 5 aliphatic rings. The van der Waals surface area contributed by atoms with E-state index in [-0.39, 0.29) is 11.2 Å². The summed E-state index contributed by atoms with van der Waals surface area (Å²) in [5, 5.41) is 0. The van der Waals surface area contributed by atoms with Gasteiger partial charge in [-0.05, 0) is 67.6 Å². The van der Waals surface area contributed by atoms with Gasteiger partial charge in [0.1, 0.15) is 5.78 Å². The van der Waals surface area contributed by atoms with Crippen molar-refractivity contribution in [1.82, 2.24) is 0 Å². The number of hydrogen-bond donors (Lipinski definition) is 0. The lowest BCUT2D eigenvalue weighted by atomic mass is 9.45. The van der Waals surface area contributed by atoms with E-state index in [9.17, 15) is 4.79 Å². The Bertz CT molecular complexity index is 551. The van der Waals surface area contributed by atoms with Crippen LogP contribution in [0.5, 0.6) is 0 Å². The van der Waals surface area contributed by atoms with Crippen molar-refractivity contribution in [3.63, 3.8) is 0 Å². The predicted molar refractivity (Wildman–Crippen MR) is 91.4 cm³/mol.